The van der Waals surface area contributed by atoms with Crippen LogP contribution in [0.25, 0.3) is 0 Å². The molecule has 1 saturated heterocycles. The number of pyridine rings is 2. The molecule has 3 unspecified atom stereocenters. The molecule has 0 spiro atoms. The monoisotopic (exact) mass is 860 g/mol. The molecule has 0 amide bonds. The summed E-state index contributed by atoms with van der Waals surface area (Å²) in [7, 11) is -5.91. The van der Waals surface area contributed by atoms with Gasteiger partial charge in [-0.2, -0.15) is 30.7 Å². The Balaban J connectivity index is 0.000000665. The Labute approximate surface area is 297 Å². The van der Waals surface area contributed by atoms with Gasteiger partial charge in [-0.15, -0.1) is 0 Å². The topological polar surface area (TPSA) is 93.5 Å². The fraction of sp³-hybridized carbons (Fsp3) is 0.621. The van der Waals surface area contributed by atoms with Gasteiger partial charge in [-0.3, -0.25) is 9.97 Å². The molecule has 0 aliphatic carbocycles. The van der Waals surface area contributed by atoms with Gasteiger partial charge < -0.3 is 4.74 Å². The van der Waals surface area contributed by atoms with Gasteiger partial charge in [0.1, 0.15) is 17.0 Å². The van der Waals surface area contributed by atoms with Crippen LogP contribution in [-0.4, -0.2) is 67.4 Å². The quantitative estimate of drug-likeness (QED) is 0.184. The second-order valence-electron chi connectivity index (χ2n) is 13.0. The number of ether oxygens (including phenoxy) is 1. The SMILES string of the molecule is C1CCOC1.CC(C)(C)S(=O)N=Cc1cncc(Br)c1.CC(C)(C)S(=O)NC(c1cncc(Br)c1)C(F)(F)F.C[Si](C)(C)C(F)(F)F. The van der Waals surface area contributed by atoms with Crippen LogP contribution >= 0.6 is 31.9 Å². The molecule has 0 saturated carbocycles. The maximum atomic E-state index is 13.0. The summed E-state index contributed by atoms with van der Waals surface area (Å²) in [4.78, 5) is 7.69. The Morgan fingerprint density at radius 3 is 1.66 bits per heavy atom. The van der Waals surface area contributed by atoms with E-state index in [0.717, 1.165) is 29.4 Å². The van der Waals surface area contributed by atoms with E-state index < -0.39 is 52.8 Å². The first-order valence-electron chi connectivity index (χ1n) is 14.2. The minimum absolute atomic E-state index is 0.0838. The largest absolute Gasteiger partial charge is 0.408 e. The van der Waals surface area contributed by atoms with Crippen LogP contribution in [0.5, 0.6) is 0 Å². The van der Waals surface area contributed by atoms with Crippen molar-refractivity contribution in [1.82, 2.24) is 14.7 Å². The third-order valence-electron chi connectivity index (χ3n) is 5.39. The normalized spacial score (nSPS) is 16.1. The average molecular weight is 863 g/mol. The Morgan fingerprint density at radius 1 is 0.851 bits per heavy atom. The van der Waals surface area contributed by atoms with Crippen LogP contribution in [0.15, 0.2) is 50.3 Å². The van der Waals surface area contributed by atoms with E-state index >= 15 is 0 Å². The van der Waals surface area contributed by atoms with Gasteiger partial charge in [0.2, 0.25) is 0 Å². The molecular formula is C29H44Br2F6N4O3S2Si. The van der Waals surface area contributed by atoms with Crippen LogP contribution in [0, 0.1) is 0 Å². The minimum Gasteiger partial charge on any atom is -0.381 e. The van der Waals surface area contributed by atoms with Gasteiger partial charge in [-0.1, -0.05) is 19.6 Å². The van der Waals surface area contributed by atoms with Crippen molar-refractivity contribution in [2.75, 3.05) is 13.2 Å². The Hall–Kier alpha value is -1.05. The van der Waals surface area contributed by atoms with Gasteiger partial charge in [0.05, 0.1) is 20.5 Å². The fourth-order valence-corrected chi connectivity index (χ4v) is 4.61. The third-order valence-corrected chi connectivity index (χ3v) is 10.9. The zero-order valence-corrected chi connectivity index (χ0v) is 33.7. The molecule has 0 bridgehead atoms. The molecule has 0 aromatic carbocycles. The van der Waals surface area contributed by atoms with Gasteiger partial charge in [-0.25, -0.2) is 13.1 Å². The number of nitrogens with zero attached hydrogens (tertiary/aromatic N) is 3. The summed E-state index contributed by atoms with van der Waals surface area (Å²) in [5.74, 6) is -3.92. The maximum absolute atomic E-state index is 13.0. The second-order valence-corrected chi connectivity index (χ2v) is 23.8. The third kappa shape index (κ3) is 20.3. The lowest BCUT2D eigenvalue weighted by molar-refractivity contribution is -0.152. The van der Waals surface area contributed by atoms with Gasteiger partial charge in [-0.05, 0) is 104 Å². The van der Waals surface area contributed by atoms with Crippen molar-refractivity contribution in [2.24, 2.45) is 4.40 Å². The standard InChI is InChI=1S/C11H14BrF3N2OS.C10H13BrN2OS.C4H9F3Si.C4H8O/c1-10(2,3)19(18)17-9(11(13,14)15)7-4-8(12)6-16-5-7;1-10(2,3)15(14)13-6-8-4-9(11)7-12-5-8;1-8(2,3)4(5,6)7;1-2-4-5-3-1/h4-6,9,17H,1-3H3;4-7H,1-3H3;1-3H3;1-4H2. The Bertz CT molecular complexity index is 1290. The molecule has 1 aliphatic heterocycles. The molecule has 3 heterocycles. The van der Waals surface area contributed by atoms with Gasteiger partial charge in [0, 0.05) is 58.7 Å². The summed E-state index contributed by atoms with van der Waals surface area (Å²) in [6, 6.07) is 1.16. The summed E-state index contributed by atoms with van der Waals surface area (Å²) in [6.45, 7) is 16.3. The number of hydrogen-bond donors (Lipinski definition) is 1. The number of rotatable bonds is 5. The van der Waals surface area contributed by atoms with Crippen LogP contribution in [0.1, 0.15) is 71.6 Å². The van der Waals surface area contributed by atoms with Crippen molar-refractivity contribution in [3.8, 4) is 0 Å². The van der Waals surface area contributed by atoms with Crippen LogP contribution in [-0.2, 0) is 26.7 Å². The molecular weight excluding hydrogens is 818 g/mol. The average Bonchev–Trinajstić information content (AvgIpc) is 3.48. The first-order valence-corrected chi connectivity index (χ1v) is 21.6. The Kier molecular flexibility index (Phi) is 19.5. The smallest absolute Gasteiger partial charge is 0.381 e. The van der Waals surface area contributed by atoms with Crippen LogP contribution in [0.2, 0.25) is 19.6 Å². The zero-order chi connectivity index (χ0) is 36.9. The minimum atomic E-state index is -4.55. The van der Waals surface area contributed by atoms with Gasteiger partial charge in [0.15, 0.2) is 8.07 Å². The maximum Gasteiger partial charge on any atom is 0.408 e. The van der Waals surface area contributed by atoms with E-state index in [1.165, 1.54) is 44.7 Å². The molecule has 47 heavy (non-hydrogen) atoms. The highest BCUT2D eigenvalue weighted by atomic mass is 79.9. The molecule has 18 heteroatoms. The van der Waals surface area contributed by atoms with E-state index in [1.54, 1.807) is 39.4 Å². The van der Waals surface area contributed by atoms with Crippen molar-refractivity contribution < 1.29 is 39.5 Å². The predicted molar refractivity (Wildman–Crippen MR) is 189 cm³/mol. The summed E-state index contributed by atoms with van der Waals surface area (Å²) < 4.78 is 109. The molecule has 270 valence electrons. The highest BCUT2D eigenvalue weighted by molar-refractivity contribution is 9.10. The number of hydrogen-bond acceptors (Lipinski definition) is 5. The summed E-state index contributed by atoms with van der Waals surface area (Å²) in [5.41, 5.74) is 0.751. The molecule has 3 rings (SSSR count). The van der Waals surface area contributed by atoms with E-state index in [-0.39, 0.29) is 10.3 Å². The molecule has 3 atom stereocenters. The molecule has 1 N–H and O–H groups in total. The zero-order valence-electron chi connectivity index (χ0n) is 27.9. The number of aromatic nitrogens is 2. The van der Waals surface area contributed by atoms with E-state index in [0.29, 0.717) is 4.47 Å². The van der Waals surface area contributed by atoms with E-state index in [9.17, 15) is 34.8 Å². The number of alkyl halides is 6. The second kappa shape index (κ2) is 20.0. The first-order chi connectivity index (χ1) is 21.2. The Morgan fingerprint density at radius 2 is 1.32 bits per heavy atom. The predicted octanol–water partition coefficient (Wildman–Crippen LogP) is 9.45. The van der Waals surface area contributed by atoms with Crippen molar-refractivity contribution >= 4 is 68.1 Å². The van der Waals surface area contributed by atoms with Crippen LogP contribution in [0.3, 0.4) is 0 Å². The van der Waals surface area contributed by atoms with Crippen molar-refractivity contribution in [1.29, 1.82) is 0 Å². The van der Waals surface area contributed by atoms with E-state index in [2.05, 4.69) is 50.9 Å². The van der Waals surface area contributed by atoms with Crippen LogP contribution in [0.4, 0.5) is 26.3 Å². The van der Waals surface area contributed by atoms with Gasteiger partial charge in [0.25, 0.3) is 0 Å². The number of halogens is 8. The lowest BCUT2D eigenvalue weighted by atomic mass is 10.1. The van der Waals surface area contributed by atoms with Crippen molar-refractivity contribution in [3.05, 3.63) is 57.0 Å². The molecule has 0 radical (unpaired) electrons. The lowest BCUT2D eigenvalue weighted by Crippen LogP contribution is -2.41. The lowest BCUT2D eigenvalue weighted by Gasteiger charge is -2.26. The van der Waals surface area contributed by atoms with Crippen LogP contribution < -0.4 is 4.72 Å². The van der Waals surface area contributed by atoms with Crippen molar-refractivity contribution in [2.45, 2.75) is 102 Å². The molecule has 2 aromatic rings. The van der Waals surface area contributed by atoms with E-state index in [4.69, 9.17) is 4.74 Å². The van der Waals surface area contributed by atoms with Gasteiger partial charge >= 0.3 is 12.0 Å². The first kappa shape index (κ1) is 45.9. The summed E-state index contributed by atoms with van der Waals surface area (Å²) in [5, 5.41) is 0. The molecule has 1 aliphatic rings. The highest BCUT2D eigenvalue weighted by Gasteiger charge is 2.45. The summed E-state index contributed by atoms with van der Waals surface area (Å²) in [6.07, 6.45) is 5.45. The highest BCUT2D eigenvalue weighted by Crippen LogP contribution is 2.34. The molecule has 7 nitrogen and oxygen atoms in total. The molecule has 2 aromatic heterocycles. The van der Waals surface area contributed by atoms with Crippen molar-refractivity contribution in [3.63, 3.8) is 0 Å². The molecule has 1 fully saturated rings. The fourth-order valence-electron chi connectivity index (χ4n) is 2.47. The summed E-state index contributed by atoms with van der Waals surface area (Å²) >= 11 is 6.38. The van der Waals surface area contributed by atoms with E-state index in [1.807, 2.05) is 26.8 Å². The number of nitrogens with one attached hydrogen (secondary N) is 1.